The summed E-state index contributed by atoms with van der Waals surface area (Å²) in [5.74, 6) is 1.14. The van der Waals surface area contributed by atoms with Gasteiger partial charge in [0.25, 0.3) is 0 Å². The molecule has 35 heavy (non-hydrogen) atoms. The standard InChI is InChI=1S/C30H33FNO2P/c1-32-20-26-19-27(31)13-14-28(26)35-29-18-24(15-22-9-5-3-6-10-22)17-25(30(29)34-21-33-2)16-23-11-7-4-8-12-23/h3-9,11-14,17-19,22,32,35H,10,15-16,20-21H2,1-2H3. The molecule has 0 aliphatic heterocycles. The summed E-state index contributed by atoms with van der Waals surface area (Å²) in [5.41, 5.74) is 4.66. The zero-order valence-electron chi connectivity index (χ0n) is 20.4. The van der Waals surface area contributed by atoms with E-state index in [1.54, 1.807) is 19.2 Å². The first-order chi connectivity index (χ1) is 17.2. The van der Waals surface area contributed by atoms with Crippen molar-refractivity contribution in [1.29, 1.82) is 0 Å². The number of rotatable bonds is 11. The van der Waals surface area contributed by atoms with Crippen molar-refractivity contribution in [3.63, 3.8) is 0 Å². The van der Waals surface area contributed by atoms with E-state index in [9.17, 15) is 4.39 Å². The van der Waals surface area contributed by atoms with E-state index in [1.807, 2.05) is 19.2 Å². The molecule has 4 rings (SSSR count). The van der Waals surface area contributed by atoms with Gasteiger partial charge >= 0.3 is 0 Å². The van der Waals surface area contributed by atoms with E-state index >= 15 is 0 Å². The van der Waals surface area contributed by atoms with E-state index in [0.29, 0.717) is 21.0 Å². The predicted molar refractivity (Wildman–Crippen MR) is 145 cm³/mol. The van der Waals surface area contributed by atoms with Crippen LogP contribution in [-0.4, -0.2) is 21.0 Å². The van der Waals surface area contributed by atoms with Gasteiger partial charge in [-0.2, -0.15) is 0 Å². The fourth-order valence-corrected chi connectivity index (χ4v) is 5.83. The van der Waals surface area contributed by atoms with Crippen molar-refractivity contribution in [1.82, 2.24) is 5.32 Å². The van der Waals surface area contributed by atoms with Gasteiger partial charge in [0, 0.05) is 25.4 Å². The SMILES string of the molecule is CNCc1cc(F)ccc1Pc1cc(CC2C=CC=CC2)cc(Cc2ccccc2)c1OCOC. The number of methoxy groups -OCH3 is 1. The first-order valence-electron chi connectivity index (χ1n) is 12.0. The molecular formula is C30H33FNO2P. The summed E-state index contributed by atoms with van der Waals surface area (Å²) in [6.07, 6.45) is 11.6. The topological polar surface area (TPSA) is 30.5 Å². The maximum Gasteiger partial charge on any atom is 0.188 e. The summed E-state index contributed by atoms with van der Waals surface area (Å²) in [6, 6.07) is 20.1. The molecule has 3 aromatic carbocycles. The van der Waals surface area contributed by atoms with E-state index in [2.05, 4.69) is 66.0 Å². The van der Waals surface area contributed by atoms with Gasteiger partial charge in [0.2, 0.25) is 0 Å². The van der Waals surface area contributed by atoms with E-state index in [4.69, 9.17) is 9.47 Å². The molecule has 1 aliphatic carbocycles. The van der Waals surface area contributed by atoms with Crippen molar-refractivity contribution in [3.05, 3.63) is 113 Å². The van der Waals surface area contributed by atoms with Gasteiger partial charge in [0.15, 0.2) is 6.79 Å². The van der Waals surface area contributed by atoms with Crippen LogP contribution in [0.1, 0.15) is 28.7 Å². The lowest BCUT2D eigenvalue weighted by Gasteiger charge is -2.21. The van der Waals surface area contributed by atoms with Crippen LogP contribution in [0.4, 0.5) is 4.39 Å². The van der Waals surface area contributed by atoms with Crippen LogP contribution in [0.2, 0.25) is 0 Å². The van der Waals surface area contributed by atoms with Crippen molar-refractivity contribution in [2.75, 3.05) is 21.0 Å². The average molecular weight is 490 g/mol. The maximum absolute atomic E-state index is 14.0. The van der Waals surface area contributed by atoms with E-state index in [-0.39, 0.29) is 12.6 Å². The van der Waals surface area contributed by atoms with E-state index in [0.717, 1.165) is 46.7 Å². The monoisotopic (exact) mass is 489 g/mol. The van der Waals surface area contributed by atoms with Gasteiger partial charge in [-0.25, -0.2) is 4.39 Å². The molecule has 2 unspecified atom stereocenters. The molecule has 2 atom stereocenters. The number of hydrogen-bond donors (Lipinski definition) is 1. The Bertz CT molecular complexity index is 1180. The molecule has 0 spiro atoms. The molecule has 0 saturated heterocycles. The fraction of sp³-hybridized carbons (Fsp3) is 0.267. The summed E-state index contributed by atoms with van der Waals surface area (Å²) < 4.78 is 25.5. The second-order valence-electron chi connectivity index (χ2n) is 8.81. The summed E-state index contributed by atoms with van der Waals surface area (Å²) in [4.78, 5) is 0. The lowest BCUT2D eigenvalue weighted by molar-refractivity contribution is 0.0513. The van der Waals surface area contributed by atoms with Crippen LogP contribution >= 0.6 is 8.58 Å². The highest BCUT2D eigenvalue weighted by molar-refractivity contribution is 7.55. The lowest BCUT2D eigenvalue weighted by Crippen LogP contribution is -2.19. The summed E-state index contributed by atoms with van der Waals surface area (Å²) in [7, 11) is 3.86. The Hall–Kier alpha value is -2.78. The summed E-state index contributed by atoms with van der Waals surface area (Å²) in [5, 5.41) is 5.41. The van der Waals surface area contributed by atoms with Crippen LogP contribution < -0.4 is 20.7 Å². The van der Waals surface area contributed by atoms with Crippen molar-refractivity contribution in [3.8, 4) is 5.75 Å². The molecule has 0 bridgehead atoms. The molecule has 0 fully saturated rings. The number of ether oxygens (including phenoxy) is 2. The quantitative estimate of drug-likeness (QED) is 0.288. The van der Waals surface area contributed by atoms with Crippen molar-refractivity contribution < 1.29 is 13.9 Å². The van der Waals surface area contributed by atoms with Crippen LogP contribution in [0, 0.1) is 11.7 Å². The van der Waals surface area contributed by atoms with Gasteiger partial charge in [0.1, 0.15) is 11.6 Å². The Labute approximate surface area is 209 Å². The first-order valence-corrected chi connectivity index (χ1v) is 13.0. The van der Waals surface area contributed by atoms with Gasteiger partial charge < -0.3 is 14.8 Å². The Balaban J connectivity index is 1.76. The minimum absolute atomic E-state index is 0.182. The highest BCUT2D eigenvalue weighted by Crippen LogP contribution is 2.30. The first kappa shape index (κ1) is 25.3. The van der Waals surface area contributed by atoms with Gasteiger partial charge in [0.05, 0.1) is 0 Å². The van der Waals surface area contributed by atoms with Gasteiger partial charge in [-0.15, -0.1) is 0 Å². The fourth-order valence-electron chi connectivity index (χ4n) is 4.45. The Morgan fingerprint density at radius 3 is 2.57 bits per heavy atom. The second-order valence-corrected chi connectivity index (χ2v) is 10.1. The van der Waals surface area contributed by atoms with Crippen molar-refractivity contribution >= 4 is 19.2 Å². The molecule has 0 saturated carbocycles. The molecule has 3 nitrogen and oxygen atoms in total. The maximum atomic E-state index is 14.0. The van der Waals surface area contributed by atoms with E-state index in [1.165, 1.54) is 11.1 Å². The molecule has 182 valence electrons. The molecule has 0 aromatic heterocycles. The number of nitrogens with one attached hydrogen (secondary N) is 1. The molecular weight excluding hydrogens is 456 g/mol. The van der Waals surface area contributed by atoms with Gasteiger partial charge in [-0.1, -0.05) is 75.3 Å². The zero-order chi connectivity index (χ0) is 24.5. The highest BCUT2D eigenvalue weighted by atomic mass is 31.1. The molecule has 3 aromatic rings. The predicted octanol–water partition coefficient (Wildman–Crippen LogP) is 5.42. The summed E-state index contributed by atoms with van der Waals surface area (Å²) in [6.45, 7) is 0.797. The number of benzene rings is 3. The number of allylic oxidation sites excluding steroid dienone is 4. The lowest BCUT2D eigenvalue weighted by atomic mass is 9.91. The molecule has 0 radical (unpaired) electrons. The smallest absolute Gasteiger partial charge is 0.188 e. The molecule has 1 aliphatic rings. The van der Waals surface area contributed by atoms with Crippen LogP contribution in [0.5, 0.6) is 5.75 Å². The average Bonchev–Trinajstić information content (AvgIpc) is 2.87. The Morgan fingerprint density at radius 2 is 1.83 bits per heavy atom. The number of hydrogen-bond acceptors (Lipinski definition) is 3. The molecule has 1 N–H and O–H groups in total. The zero-order valence-corrected chi connectivity index (χ0v) is 21.4. The minimum Gasteiger partial charge on any atom is -0.467 e. The van der Waals surface area contributed by atoms with Crippen LogP contribution in [-0.2, 0) is 24.1 Å². The normalized spacial score (nSPS) is 15.2. The van der Waals surface area contributed by atoms with E-state index < -0.39 is 0 Å². The molecule has 0 heterocycles. The third-order valence-corrected chi connectivity index (χ3v) is 7.45. The highest BCUT2D eigenvalue weighted by Gasteiger charge is 2.17. The Kier molecular flexibility index (Phi) is 9.25. The Morgan fingerprint density at radius 1 is 0.971 bits per heavy atom. The number of halogens is 1. The summed E-state index contributed by atoms with van der Waals surface area (Å²) >= 11 is 0. The van der Waals surface area contributed by atoms with Crippen LogP contribution in [0.25, 0.3) is 0 Å². The van der Waals surface area contributed by atoms with Crippen molar-refractivity contribution in [2.45, 2.75) is 25.8 Å². The third-order valence-electron chi connectivity index (χ3n) is 6.06. The van der Waals surface area contributed by atoms with Crippen LogP contribution in [0.15, 0.2) is 85.0 Å². The second kappa shape index (κ2) is 12.8. The van der Waals surface area contributed by atoms with Crippen molar-refractivity contribution in [2.24, 2.45) is 5.92 Å². The van der Waals surface area contributed by atoms with Crippen LogP contribution in [0.3, 0.4) is 0 Å². The third kappa shape index (κ3) is 7.11. The molecule has 0 amide bonds. The minimum atomic E-state index is -0.213. The van der Waals surface area contributed by atoms with Gasteiger partial charge in [-0.3, -0.25) is 0 Å². The molecule has 5 heteroatoms. The largest absolute Gasteiger partial charge is 0.467 e. The van der Waals surface area contributed by atoms with Gasteiger partial charge in [-0.05, 0) is 71.6 Å².